The van der Waals surface area contributed by atoms with Crippen LogP contribution in [0, 0.1) is 0 Å². The van der Waals surface area contributed by atoms with Crippen LogP contribution >= 0.6 is 0 Å². The lowest BCUT2D eigenvalue weighted by molar-refractivity contribution is 0.0937. The van der Waals surface area contributed by atoms with Crippen molar-refractivity contribution < 1.29 is 14.3 Å². The Hall–Kier alpha value is -3.13. The third kappa shape index (κ3) is 4.32. The molecule has 2 N–H and O–H groups in total. The van der Waals surface area contributed by atoms with Crippen LogP contribution in [0.2, 0.25) is 0 Å². The minimum atomic E-state index is -0.299. The van der Waals surface area contributed by atoms with E-state index in [-0.39, 0.29) is 17.6 Å². The van der Waals surface area contributed by atoms with Crippen molar-refractivity contribution in [3.63, 3.8) is 0 Å². The number of methoxy groups -OCH3 is 1. The molecule has 1 aromatic carbocycles. The molecule has 0 aromatic heterocycles. The van der Waals surface area contributed by atoms with Gasteiger partial charge in [0.2, 0.25) is 0 Å². The second kappa shape index (κ2) is 8.48. The number of aromatic amines is 1. The molecule has 3 aliphatic rings. The number of ether oxygens (including phenoxy) is 2. The number of H-pyrrole nitrogens is 1. The molecule has 0 bridgehead atoms. The molecule has 1 saturated heterocycles. The standard InChI is InChI=1S/C21H24N4O4/c1-28-15-5-2-4-14(10-15)7-8-22-20(26)17-12-25(11-16-6-3-9-29-16)13-18-19(17)23-24-21(18)27/h2,4-5,10,12-13,16H,3,6-9,11H2,1H3,(H,22,26)(H,24,27)/t16-/m0/s1. The summed E-state index contributed by atoms with van der Waals surface area (Å²) < 4.78 is 12.8. The van der Waals surface area contributed by atoms with Crippen LogP contribution in [0.4, 0.5) is 0 Å². The second-order valence-corrected chi connectivity index (χ2v) is 7.18. The summed E-state index contributed by atoms with van der Waals surface area (Å²) in [6, 6.07) is 7.74. The monoisotopic (exact) mass is 396 g/mol. The van der Waals surface area contributed by atoms with Crippen molar-refractivity contribution in [3.05, 3.63) is 58.1 Å². The predicted octanol–water partition coefficient (Wildman–Crippen LogP) is 1.84. The Kier molecular flexibility index (Phi) is 5.62. The van der Waals surface area contributed by atoms with E-state index in [9.17, 15) is 9.59 Å². The third-order valence-corrected chi connectivity index (χ3v) is 5.13. The number of hydrogen-bond acceptors (Lipinski definition) is 5. The maximum absolute atomic E-state index is 12.8. The van der Waals surface area contributed by atoms with E-state index in [1.807, 2.05) is 28.8 Å². The predicted molar refractivity (Wildman–Crippen MR) is 107 cm³/mol. The molecule has 0 aliphatic carbocycles. The average molecular weight is 396 g/mol. The summed E-state index contributed by atoms with van der Waals surface area (Å²) in [5, 5.41) is 9.41. The quantitative estimate of drug-likeness (QED) is 0.635. The lowest BCUT2D eigenvalue weighted by Crippen LogP contribution is -2.28. The Balaban J connectivity index is 1.49. The molecule has 1 amide bonds. The van der Waals surface area contributed by atoms with Gasteiger partial charge in [0.1, 0.15) is 11.4 Å². The number of benzene rings is 1. The Morgan fingerprint density at radius 3 is 3.10 bits per heavy atom. The van der Waals surface area contributed by atoms with Crippen molar-refractivity contribution in [2.75, 3.05) is 20.3 Å². The number of hydrogen-bond donors (Lipinski definition) is 2. The number of fused-ring (bicyclic) bond motifs is 1. The van der Waals surface area contributed by atoms with Gasteiger partial charge in [-0.2, -0.15) is 5.10 Å². The summed E-state index contributed by atoms with van der Waals surface area (Å²) in [6.07, 6.45) is 6.25. The zero-order chi connectivity index (χ0) is 20.2. The summed E-state index contributed by atoms with van der Waals surface area (Å²) in [4.78, 5) is 24.9. The molecule has 3 aliphatic heterocycles. The molecule has 0 spiro atoms. The van der Waals surface area contributed by atoms with Crippen molar-refractivity contribution >= 4 is 5.91 Å². The second-order valence-electron chi connectivity index (χ2n) is 7.18. The zero-order valence-electron chi connectivity index (χ0n) is 16.3. The summed E-state index contributed by atoms with van der Waals surface area (Å²) in [7, 11) is 1.63. The average Bonchev–Trinajstić information content (AvgIpc) is 3.38. The van der Waals surface area contributed by atoms with Gasteiger partial charge in [0.05, 0.1) is 24.3 Å². The van der Waals surface area contributed by atoms with Crippen LogP contribution in [-0.4, -0.2) is 47.0 Å². The Labute approximate surface area is 168 Å². The Morgan fingerprint density at radius 1 is 1.41 bits per heavy atom. The molecular weight excluding hydrogens is 372 g/mol. The van der Waals surface area contributed by atoms with Gasteiger partial charge >= 0.3 is 0 Å². The summed E-state index contributed by atoms with van der Waals surface area (Å²) in [5.41, 5.74) is 1.94. The highest BCUT2D eigenvalue weighted by molar-refractivity contribution is 5.99. The number of carbonyl (C=O) groups excluding carboxylic acids is 1. The van der Waals surface area contributed by atoms with Gasteiger partial charge in [-0.25, -0.2) is 5.10 Å². The van der Waals surface area contributed by atoms with Crippen molar-refractivity contribution in [3.8, 4) is 17.0 Å². The zero-order valence-corrected chi connectivity index (χ0v) is 16.3. The maximum atomic E-state index is 12.8. The van der Waals surface area contributed by atoms with Crippen molar-refractivity contribution in [2.24, 2.45) is 0 Å². The molecule has 3 heterocycles. The summed E-state index contributed by atoms with van der Waals surface area (Å²) in [5.74, 6) is 0.527. The summed E-state index contributed by atoms with van der Waals surface area (Å²) in [6.45, 7) is 1.82. The molecule has 1 fully saturated rings. The lowest BCUT2D eigenvalue weighted by Gasteiger charge is -2.16. The van der Waals surface area contributed by atoms with Crippen molar-refractivity contribution in [1.82, 2.24) is 20.1 Å². The van der Waals surface area contributed by atoms with E-state index in [0.29, 0.717) is 36.3 Å². The molecule has 29 heavy (non-hydrogen) atoms. The minimum Gasteiger partial charge on any atom is -0.497 e. The number of pyridine rings is 1. The van der Waals surface area contributed by atoms with Gasteiger partial charge in [-0.15, -0.1) is 0 Å². The number of nitrogens with zero attached hydrogens (tertiary/aromatic N) is 2. The molecule has 152 valence electrons. The Bertz CT molecular complexity index is 1020. The van der Waals surface area contributed by atoms with Crippen LogP contribution < -0.4 is 15.6 Å². The number of rotatable bonds is 7. The lowest BCUT2D eigenvalue weighted by atomic mass is 10.1. The van der Waals surface area contributed by atoms with Crippen molar-refractivity contribution in [1.29, 1.82) is 0 Å². The van der Waals surface area contributed by atoms with Crippen LogP contribution in [0.1, 0.15) is 28.8 Å². The van der Waals surface area contributed by atoms with Gasteiger partial charge in [0.15, 0.2) is 0 Å². The van der Waals surface area contributed by atoms with E-state index in [0.717, 1.165) is 30.8 Å². The van der Waals surface area contributed by atoms with E-state index < -0.39 is 0 Å². The first-order valence-corrected chi connectivity index (χ1v) is 9.75. The molecule has 8 heteroatoms. The van der Waals surface area contributed by atoms with Crippen LogP contribution in [0.15, 0.2) is 41.5 Å². The molecular formula is C21H24N4O4. The highest BCUT2D eigenvalue weighted by atomic mass is 16.5. The molecule has 1 aromatic rings. The summed E-state index contributed by atoms with van der Waals surface area (Å²) >= 11 is 0. The van der Waals surface area contributed by atoms with Gasteiger partial charge in [-0.3, -0.25) is 9.59 Å². The topological polar surface area (TPSA) is 98.2 Å². The van der Waals surface area contributed by atoms with E-state index in [1.54, 1.807) is 19.5 Å². The first kappa shape index (κ1) is 19.2. The molecule has 1 atom stereocenters. The number of amides is 1. The third-order valence-electron chi connectivity index (χ3n) is 5.13. The first-order chi connectivity index (χ1) is 14.1. The molecule has 0 radical (unpaired) electrons. The highest BCUT2D eigenvalue weighted by Crippen LogP contribution is 2.22. The SMILES string of the molecule is COc1cccc(CCNC(=O)c2cn(C[C@@H]3CCCO3)cc3c(=O)[nH]nc2-3)c1. The number of carbonyl (C=O) groups is 1. The van der Waals surface area contributed by atoms with Gasteiger partial charge in [-0.1, -0.05) is 12.1 Å². The number of nitrogens with one attached hydrogen (secondary N) is 2. The van der Waals surface area contributed by atoms with E-state index in [1.165, 1.54) is 0 Å². The largest absolute Gasteiger partial charge is 0.497 e. The maximum Gasteiger partial charge on any atom is 0.275 e. The molecule has 4 rings (SSSR count). The first-order valence-electron chi connectivity index (χ1n) is 9.75. The van der Waals surface area contributed by atoms with Gasteiger partial charge < -0.3 is 19.4 Å². The van der Waals surface area contributed by atoms with E-state index >= 15 is 0 Å². The van der Waals surface area contributed by atoms with Crippen LogP contribution in [0.5, 0.6) is 5.75 Å². The van der Waals surface area contributed by atoms with E-state index in [4.69, 9.17) is 9.47 Å². The fourth-order valence-corrected chi connectivity index (χ4v) is 3.63. The Morgan fingerprint density at radius 2 is 2.31 bits per heavy atom. The highest BCUT2D eigenvalue weighted by Gasteiger charge is 2.23. The smallest absolute Gasteiger partial charge is 0.275 e. The van der Waals surface area contributed by atoms with Crippen LogP contribution in [0.3, 0.4) is 0 Å². The molecule has 8 nitrogen and oxygen atoms in total. The fourth-order valence-electron chi connectivity index (χ4n) is 3.63. The molecule has 0 unspecified atom stereocenters. The van der Waals surface area contributed by atoms with Gasteiger partial charge in [0, 0.05) is 32.1 Å². The van der Waals surface area contributed by atoms with Crippen LogP contribution in [-0.2, 0) is 17.7 Å². The molecule has 0 saturated carbocycles. The fraction of sp³-hybridized carbons (Fsp3) is 0.381. The van der Waals surface area contributed by atoms with Gasteiger partial charge in [0.25, 0.3) is 11.5 Å². The number of aromatic nitrogens is 3. The normalized spacial score (nSPS) is 16.2. The van der Waals surface area contributed by atoms with Gasteiger partial charge in [-0.05, 0) is 37.0 Å². The van der Waals surface area contributed by atoms with Crippen LogP contribution in [0.25, 0.3) is 11.3 Å². The van der Waals surface area contributed by atoms with Crippen molar-refractivity contribution in [2.45, 2.75) is 31.9 Å². The minimum absolute atomic E-state index is 0.100. The van der Waals surface area contributed by atoms with E-state index in [2.05, 4.69) is 15.5 Å².